The largest absolute Gasteiger partial charge is 0.573 e. The smallest absolute Gasteiger partial charge is 0.406 e. The SMILES string of the molecule is O=C(c1ccc(OC(F)(F)F)cc1)N1CCc2sccc2C1c1ccc(C(F)(F)F)cc1. The predicted molar refractivity (Wildman–Crippen MR) is 105 cm³/mol. The molecule has 10 heteroatoms. The van der Waals surface area contributed by atoms with Crippen molar-refractivity contribution in [2.24, 2.45) is 0 Å². The van der Waals surface area contributed by atoms with Gasteiger partial charge in [-0.2, -0.15) is 13.2 Å². The number of benzene rings is 2. The molecular weight excluding hydrogens is 456 g/mol. The van der Waals surface area contributed by atoms with Crippen molar-refractivity contribution in [2.75, 3.05) is 6.54 Å². The van der Waals surface area contributed by atoms with Crippen molar-refractivity contribution in [1.29, 1.82) is 0 Å². The lowest BCUT2D eigenvalue weighted by molar-refractivity contribution is -0.274. The van der Waals surface area contributed by atoms with Crippen molar-refractivity contribution in [3.8, 4) is 5.75 Å². The standard InChI is InChI=1S/C22H15F6NO2S/c23-21(24,25)15-5-1-13(2-6-15)19-17-10-12-32-18(17)9-11-29(19)20(30)14-3-7-16(8-4-14)31-22(26,27)28/h1-8,10,12,19H,9,11H2. The molecule has 1 aromatic heterocycles. The van der Waals surface area contributed by atoms with Crippen LogP contribution in [0.3, 0.4) is 0 Å². The number of hydrogen-bond acceptors (Lipinski definition) is 3. The van der Waals surface area contributed by atoms with Gasteiger partial charge in [0.25, 0.3) is 5.91 Å². The number of carbonyl (C=O) groups excluding carboxylic acids is 1. The van der Waals surface area contributed by atoms with E-state index in [0.717, 1.165) is 34.7 Å². The molecule has 0 spiro atoms. The Hall–Kier alpha value is -3.01. The van der Waals surface area contributed by atoms with E-state index in [2.05, 4.69) is 4.74 Å². The minimum absolute atomic E-state index is 0.148. The summed E-state index contributed by atoms with van der Waals surface area (Å²) in [6.07, 6.45) is -8.75. The fourth-order valence-electron chi connectivity index (χ4n) is 3.71. The highest BCUT2D eigenvalue weighted by atomic mass is 32.1. The van der Waals surface area contributed by atoms with E-state index < -0.39 is 35.8 Å². The molecule has 0 saturated heterocycles. The summed E-state index contributed by atoms with van der Waals surface area (Å²) in [5.41, 5.74) is 0.699. The van der Waals surface area contributed by atoms with Crippen molar-refractivity contribution < 1.29 is 35.9 Å². The maximum absolute atomic E-state index is 13.2. The van der Waals surface area contributed by atoms with E-state index >= 15 is 0 Å². The first-order valence-corrected chi connectivity index (χ1v) is 10.3. The summed E-state index contributed by atoms with van der Waals surface area (Å²) in [7, 11) is 0. The van der Waals surface area contributed by atoms with Gasteiger partial charge in [0.1, 0.15) is 5.75 Å². The third kappa shape index (κ3) is 4.59. The Morgan fingerprint density at radius 3 is 2.19 bits per heavy atom. The highest BCUT2D eigenvalue weighted by Crippen LogP contribution is 2.39. The molecule has 1 unspecified atom stereocenters. The van der Waals surface area contributed by atoms with Crippen LogP contribution >= 0.6 is 11.3 Å². The van der Waals surface area contributed by atoms with Crippen LogP contribution in [-0.4, -0.2) is 23.7 Å². The first-order chi connectivity index (χ1) is 15.0. The van der Waals surface area contributed by atoms with E-state index in [4.69, 9.17) is 0 Å². The van der Waals surface area contributed by atoms with E-state index in [1.54, 1.807) is 0 Å². The molecule has 0 radical (unpaired) electrons. The van der Waals surface area contributed by atoms with Gasteiger partial charge in [-0.1, -0.05) is 12.1 Å². The first kappa shape index (κ1) is 22.2. The van der Waals surface area contributed by atoms with E-state index in [1.807, 2.05) is 11.4 Å². The monoisotopic (exact) mass is 471 g/mol. The number of rotatable bonds is 3. The number of halogens is 6. The van der Waals surface area contributed by atoms with E-state index in [1.165, 1.54) is 40.5 Å². The van der Waals surface area contributed by atoms with E-state index in [0.29, 0.717) is 18.5 Å². The van der Waals surface area contributed by atoms with E-state index in [-0.39, 0.29) is 5.56 Å². The van der Waals surface area contributed by atoms with Crippen LogP contribution in [0.2, 0.25) is 0 Å². The second-order valence-electron chi connectivity index (χ2n) is 7.14. The van der Waals surface area contributed by atoms with Gasteiger partial charge in [0.15, 0.2) is 0 Å². The van der Waals surface area contributed by atoms with Crippen molar-refractivity contribution in [3.05, 3.63) is 87.1 Å². The highest BCUT2D eigenvalue weighted by molar-refractivity contribution is 7.10. The lowest BCUT2D eigenvalue weighted by Gasteiger charge is -2.36. The van der Waals surface area contributed by atoms with Gasteiger partial charge in [-0.3, -0.25) is 4.79 Å². The molecule has 3 aromatic rings. The van der Waals surface area contributed by atoms with Crippen molar-refractivity contribution in [2.45, 2.75) is 25.0 Å². The Morgan fingerprint density at radius 1 is 0.938 bits per heavy atom. The normalized spacial score (nSPS) is 16.6. The summed E-state index contributed by atoms with van der Waals surface area (Å²) in [6.45, 7) is 0.318. The molecule has 0 saturated carbocycles. The molecule has 2 heterocycles. The second-order valence-corrected chi connectivity index (χ2v) is 8.14. The molecule has 1 amide bonds. The van der Waals surface area contributed by atoms with Gasteiger partial charge in [0.05, 0.1) is 11.6 Å². The molecule has 4 rings (SSSR count). The minimum atomic E-state index is -4.85. The average Bonchev–Trinajstić information content (AvgIpc) is 3.20. The van der Waals surface area contributed by atoms with Crippen molar-refractivity contribution in [3.63, 3.8) is 0 Å². The van der Waals surface area contributed by atoms with Gasteiger partial charge < -0.3 is 9.64 Å². The Labute approximate surface area is 182 Å². The third-order valence-electron chi connectivity index (χ3n) is 5.12. The number of carbonyl (C=O) groups is 1. The predicted octanol–water partition coefficient (Wildman–Crippen LogP) is 6.45. The fraction of sp³-hybridized carbons (Fsp3) is 0.227. The van der Waals surface area contributed by atoms with Crippen LogP contribution in [0.4, 0.5) is 26.3 Å². The number of fused-ring (bicyclic) bond motifs is 1. The van der Waals surface area contributed by atoms with Crippen LogP contribution in [-0.2, 0) is 12.6 Å². The Kier molecular flexibility index (Phi) is 5.66. The Bertz CT molecular complexity index is 1100. The number of ether oxygens (including phenoxy) is 1. The summed E-state index contributed by atoms with van der Waals surface area (Å²) in [4.78, 5) is 15.8. The molecular formula is C22H15F6NO2S. The molecule has 0 fully saturated rings. The molecule has 0 N–H and O–H groups in total. The summed E-state index contributed by atoms with van der Waals surface area (Å²) in [6, 6.07) is 10.4. The summed E-state index contributed by atoms with van der Waals surface area (Å²) >= 11 is 1.51. The molecule has 1 aliphatic heterocycles. The zero-order valence-corrected chi connectivity index (χ0v) is 17.0. The van der Waals surface area contributed by atoms with Gasteiger partial charge in [-0.25, -0.2) is 0 Å². The highest BCUT2D eigenvalue weighted by Gasteiger charge is 2.35. The molecule has 2 aromatic carbocycles. The molecule has 0 aliphatic carbocycles. The van der Waals surface area contributed by atoms with Crippen LogP contribution in [0.1, 0.15) is 38.0 Å². The van der Waals surface area contributed by atoms with Crippen LogP contribution in [0.5, 0.6) is 5.75 Å². The van der Waals surface area contributed by atoms with Gasteiger partial charge in [0.2, 0.25) is 0 Å². The van der Waals surface area contributed by atoms with E-state index in [9.17, 15) is 31.1 Å². The van der Waals surface area contributed by atoms with Crippen LogP contribution in [0.25, 0.3) is 0 Å². The maximum Gasteiger partial charge on any atom is 0.573 e. The van der Waals surface area contributed by atoms with Gasteiger partial charge in [-0.05, 0) is 65.4 Å². The van der Waals surface area contributed by atoms with Crippen LogP contribution in [0, 0.1) is 0 Å². The second kappa shape index (κ2) is 8.16. The summed E-state index contributed by atoms with van der Waals surface area (Å²) in [5.74, 6) is -0.891. The lowest BCUT2D eigenvalue weighted by Crippen LogP contribution is -2.40. The molecule has 3 nitrogen and oxygen atoms in total. The Balaban J connectivity index is 1.66. The number of nitrogens with zero attached hydrogens (tertiary/aromatic N) is 1. The fourth-order valence-corrected chi connectivity index (χ4v) is 4.62. The summed E-state index contributed by atoms with van der Waals surface area (Å²) < 4.78 is 79.9. The minimum Gasteiger partial charge on any atom is -0.406 e. The zero-order chi connectivity index (χ0) is 23.1. The maximum atomic E-state index is 13.2. The quantitative estimate of drug-likeness (QED) is 0.411. The van der Waals surface area contributed by atoms with Gasteiger partial charge in [-0.15, -0.1) is 24.5 Å². The van der Waals surface area contributed by atoms with Crippen molar-refractivity contribution in [1.82, 2.24) is 4.90 Å². The Morgan fingerprint density at radius 2 is 1.59 bits per heavy atom. The van der Waals surface area contributed by atoms with Gasteiger partial charge in [0, 0.05) is 17.0 Å². The third-order valence-corrected chi connectivity index (χ3v) is 6.11. The number of alkyl halides is 6. The topological polar surface area (TPSA) is 29.5 Å². The number of thiophene rings is 1. The summed E-state index contributed by atoms with van der Waals surface area (Å²) in [5, 5.41) is 1.86. The van der Waals surface area contributed by atoms with Crippen LogP contribution in [0.15, 0.2) is 60.0 Å². The number of hydrogen-bond donors (Lipinski definition) is 0. The van der Waals surface area contributed by atoms with Crippen LogP contribution < -0.4 is 4.74 Å². The number of amides is 1. The zero-order valence-electron chi connectivity index (χ0n) is 16.2. The van der Waals surface area contributed by atoms with Gasteiger partial charge >= 0.3 is 12.5 Å². The molecule has 1 aliphatic rings. The molecule has 1 atom stereocenters. The molecule has 0 bridgehead atoms. The first-order valence-electron chi connectivity index (χ1n) is 9.43. The van der Waals surface area contributed by atoms with Crippen molar-refractivity contribution >= 4 is 17.2 Å². The lowest BCUT2D eigenvalue weighted by atomic mass is 9.92. The molecule has 32 heavy (non-hydrogen) atoms. The average molecular weight is 471 g/mol. The molecule has 168 valence electrons.